The predicted octanol–water partition coefficient (Wildman–Crippen LogP) is 3.72. The Bertz CT molecular complexity index is 319. The van der Waals surface area contributed by atoms with Crippen molar-refractivity contribution in [2.75, 3.05) is 19.6 Å². The van der Waals surface area contributed by atoms with E-state index in [1.54, 1.807) is 0 Å². The number of nitrogens with zero attached hydrogens (tertiary/aromatic N) is 1. The Morgan fingerprint density at radius 1 is 1.17 bits per heavy atom. The van der Waals surface area contributed by atoms with Crippen molar-refractivity contribution < 1.29 is 4.74 Å². The van der Waals surface area contributed by atoms with E-state index in [2.05, 4.69) is 11.8 Å². The number of likely N-dealkylation sites (tertiary alicyclic amines) is 1. The lowest BCUT2D eigenvalue weighted by Crippen LogP contribution is -2.23. The van der Waals surface area contributed by atoms with Gasteiger partial charge in [-0.1, -0.05) is 25.1 Å². The number of rotatable bonds is 7. The van der Waals surface area contributed by atoms with Crippen molar-refractivity contribution in [3.8, 4) is 5.75 Å². The zero-order valence-electron chi connectivity index (χ0n) is 11.5. The summed E-state index contributed by atoms with van der Waals surface area (Å²) in [6, 6.07) is 10.2. The summed E-state index contributed by atoms with van der Waals surface area (Å²) in [4.78, 5) is 2.58. The van der Waals surface area contributed by atoms with Crippen LogP contribution in [0.1, 0.15) is 39.0 Å². The minimum Gasteiger partial charge on any atom is -0.490 e. The van der Waals surface area contributed by atoms with E-state index in [0.29, 0.717) is 6.10 Å². The lowest BCUT2D eigenvalue weighted by molar-refractivity contribution is 0.176. The molecule has 1 heterocycles. The number of hydrogen-bond acceptors (Lipinski definition) is 2. The highest BCUT2D eigenvalue weighted by Gasteiger charge is 2.13. The molecule has 1 aliphatic rings. The number of hydrogen-bond donors (Lipinski definition) is 0. The molecule has 0 aromatic heterocycles. The lowest BCUT2D eigenvalue weighted by atomic mass is 10.1. The van der Waals surface area contributed by atoms with Gasteiger partial charge in [0.15, 0.2) is 0 Å². The monoisotopic (exact) mass is 247 g/mol. The number of benzene rings is 1. The summed E-state index contributed by atoms with van der Waals surface area (Å²) >= 11 is 0. The van der Waals surface area contributed by atoms with E-state index in [9.17, 15) is 0 Å². The molecule has 2 rings (SSSR count). The molecule has 1 aromatic carbocycles. The Morgan fingerprint density at radius 3 is 2.56 bits per heavy atom. The van der Waals surface area contributed by atoms with Crippen LogP contribution >= 0.6 is 0 Å². The molecule has 0 saturated carbocycles. The Kier molecular flexibility index (Phi) is 5.53. The third-order valence-electron chi connectivity index (χ3n) is 3.70. The molecule has 2 heteroatoms. The SMILES string of the molecule is CCC(CCCN1CCCC1)Oc1ccccc1. The van der Waals surface area contributed by atoms with Gasteiger partial charge in [0.25, 0.3) is 0 Å². The van der Waals surface area contributed by atoms with E-state index in [0.717, 1.165) is 12.2 Å². The van der Waals surface area contributed by atoms with Crippen molar-refractivity contribution in [1.82, 2.24) is 4.90 Å². The van der Waals surface area contributed by atoms with Gasteiger partial charge >= 0.3 is 0 Å². The molecule has 0 N–H and O–H groups in total. The Hall–Kier alpha value is -1.02. The summed E-state index contributed by atoms with van der Waals surface area (Å²) in [6.45, 7) is 6.06. The highest BCUT2D eigenvalue weighted by molar-refractivity contribution is 5.21. The zero-order chi connectivity index (χ0) is 12.6. The van der Waals surface area contributed by atoms with Crippen molar-refractivity contribution in [3.63, 3.8) is 0 Å². The van der Waals surface area contributed by atoms with Gasteiger partial charge in [-0.2, -0.15) is 0 Å². The second-order valence-corrected chi connectivity index (χ2v) is 5.15. The Labute approximate surface area is 111 Å². The van der Waals surface area contributed by atoms with Gasteiger partial charge in [0, 0.05) is 0 Å². The molecule has 2 nitrogen and oxygen atoms in total. The van der Waals surface area contributed by atoms with Crippen LogP contribution in [0.4, 0.5) is 0 Å². The molecule has 1 atom stereocenters. The minimum absolute atomic E-state index is 0.370. The Balaban J connectivity index is 1.68. The molecule has 18 heavy (non-hydrogen) atoms. The summed E-state index contributed by atoms with van der Waals surface area (Å²) in [6.07, 6.45) is 6.66. The maximum Gasteiger partial charge on any atom is 0.119 e. The quantitative estimate of drug-likeness (QED) is 0.728. The van der Waals surface area contributed by atoms with Gasteiger partial charge in [0.2, 0.25) is 0 Å². The third-order valence-corrected chi connectivity index (χ3v) is 3.70. The fourth-order valence-electron chi connectivity index (χ4n) is 2.59. The van der Waals surface area contributed by atoms with Gasteiger partial charge in [-0.3, -0.25) is 0 Å². The molecule has 0 radical (unpaired) electrons. The predicted molar refractivity (Wildman–Crippen MR) is 76.1 cm³/mol. The van der Waals surface area contributed by atoms with Crippen LogP contribution in [0.25, 0.3) is 0 Å². The van der Waals surface area contributed by atoms with Crippen LogP contribution in [0.2, 0.25) is 0 Å². The fraction of sp³-hybridized carbons (Fsp3) is 0.625. The third kappa shape index (κ3) is 4.34. The van der Waals surface area contributed by atoms with E-state index in [-0.39, 0.29) is 0 Å². The van der Waals surface area contributed by atoms with Crippen molar-refractivity contribution in [2.45, 2.75) is 45.1 Å². The maximum absolute atomic E-state index is 6.01. The minimum atomic E-state index is 0.370. The molecule has 1 saturated heterocycles. The normalized spacial score (nSPS) is 17.8. The largest absolute Gasteiger partial charge is 0.490 e. The van der Waals surface area contributed by atoms with Crippen molar-refractivity contribution in [1.29, 1.82) is 0 Å². The van der Waals surface area contributed by atoms with Crippen LogP contribution in [-0.2, 0) is 0 Å². The molecule has 0 spiro atoms. The topological polar surface area (TPSA) is 12.5 Å². The molecule has 0 amide bonds. The molecule has 0 bridgehead atoms. The summed E-state index contributed by atoms with van der Waals surface area (Å²) in [5, 5.41) is 0. The van der Waals surface area contributed by atoms with Crippen molar-refractivity contribution >= 4 is 0 Å². The number of ether oxygens (including phenoxy) is 1. The van der Waals surface area contributed by atoms with Crippen molar-refractivity contribution in [3.05, 3.63) is 30.3 Å². The standard InChI is InChI=1S/C16H25NO/c1-2-15(18-16-9-4-3-5-10-16)11-8-14-17-12-6-7-13-17/h3-5,9-10,15H,2,6-8,11-14H2,1H3. The van der Waals surface area contributed by atoms with Crippen LogP contribution < -0.4 is 4.74 Å². The number of para-hydroxylation sites is 1. The average Bonchev–Trinajstić information content (AvgIpc) is 2.92. The fourth-order valence-corrected chi connectivity index (χ4v) is 2.59. The van der Waals surface area contributed by atoms with Gasteiger partial charge < -0.3 is 9.64 Å². The van der Waals surface area contributed by atoms with Gasteiger partial charge in [0.1, 0.15) is 5.75 Å². The summed E-state index contributed by atoms with van der Waals surface area (Å²) < 4.78 is 6.01. The smallest absolute Gasteiger partial charge is 0.119 e. The van der Waals surface area contributed by atoms with Gasteiger partial charge in [-0.05, 0) is 63.9 Å². The van der Waals surface area contributed by atoms with Crippen LogP contribution in [0.15, 0.2) is 30.3 Å². The molecule has 1 unspecified atom stereocenters. The van der Waals surface area contributed by atoms with Crippen molar-refractivity contribution in [2.24, 2.45) is 0 Å². The zero-order valence-corrected chi connectivity index (χ0v) is 11.5. The van der Waals surface area contributed by atoms with E-state index >= 15 is 0 Å². The first-order chi connectivity index (χ1) is 8.88. The molecule has 0 aliphatic carbocycles. The maximum atomic E-state index is 6.01. The van der Waals surface area contributed by atoms with E-state index in [4.69, 9.17) is 4.74 Å². The second-order valence-electron chi connectivity index (χ2n) is 5.15. The summed E-state index contributed by atoms with van der Waals surface area (Å²) in [5.74, 6) is 1.01. The van der Waals surface area contributed by atoms with E-state index in [1.165, 1.54) is 45.3 Å². The molecular weight excluding hydrogens is 222 g/mol. The lowest BCUT2D eigenvalue weighted by Gasteiger charge is -2.19. The van der Waals surface area contributed by atoms with Crippen LogP contribution in [0, 0.1) is 0 Å². The molecule has 1 aromatic rings. The van der Waals surface area contributed by atoms with Gasteiger partial charge in [0.05, 0.1) is 6.10 Å². The second kappa shape index (κ2) is 7.42. The van der Waals surface area contributed by atoms with Crippen LogP contribution in [-0.4, -0.2) is 30.6 Å². The molecule has 1 fully saturated rings. The molecule has 1 aliphatic heterocycles. The van der Waals surface area contributed by atoms with E-state index in [1.807, 2.05) is 30.3 Å². The highest BCUT2D eigenvalue weighted by Crippen LogP contribution is 2.16. The first kappa shape index (κ1) is 13.4. The summed E-state index contributed by atoms with van der Waals surface area (Å²) in [7, 11) is 0. The highest BCUT2D eigenvalue weighted by atomic mass is 16.5. The van der Waals surface area contributed by atoms with Gasteiger partial charge in [-0.25, -0.2) is 0 Å². The molecule has 100 valence electrons. The van der Waals surface area contributed by atoms with Crippen LogP contribution in [0.5, 0.6) is 5.75 Å². The Morgan fingerprint density at radius 2 is 1.89 bits per heavy atom. The molecular formula is C16H25NO. The van der Waals surface area contributed by atoms with Gasteiger partial charge in [-0.15, -0.1) is 0 Å². The first-order valence-corrected chi connectivity index (χ1v) is 7.32. The van der Waals surface area contributed by atoms with E-state index < -0.39 is 0 Å². The average molecular weight is 247 g/mol. The van der Waals surface area contributed by atoms with Crippen LogP contribution in [0.3, 0.4) is 0 Å². The first-order valence-electron chi connectivity index (χ1n) is 7.32. The summed E-state index contributed by atoms with van der Waals surface area (Å²) in [5.41, 5.74) is 0.